The average Bonchev–Trinajstić information content (AvgIpc) is 3.03. The quantitative estimate of drug-likeness (QED) is 0.525. The van der Waals surface area contributed by atoms with Crippen LogP contribution in [0.3, 0.4) is 0 Å². The molecule has 2 N–H and O–H groups in total. The van der Waals surface area contributed by atoms with Gasteiger partial charge in [0.15, 0.2) is 0 Å². The first kappa shape index (κ1) is 21.9. The van der Waals surface area contributed by atoms with Crippen LogP contribution in [0.1, 0.15) is 98.8 Å². The second-order valence-electron chi connectivity index (χ2n) is 12.3. The van der Waals surface area contributed by atoms with Crippen LogP contribution in [-0.4, -0.2) is 22.4 Å². The van der Waals surface area contributed by atoms with Gasteiger partial charge in [-0.15, -0.1) is 0 Å². The Morgan fingerprint density at radius 2 is 1.76 bits per heavy atom. The molecule has 0 saturated heterocycles. The molecular formula is C27H46O2. The van der Waals surface area contributed by atoms with Crippen molar-refractivity contribution in [1.82, 2.24) is 0 Å². The van der Waals surface area contributed by atoms with Crippen molar-refractivity contribution >= 4 is 0 Å². The lowest BCUT2D eigenvalue weighted by Gasteiger charge is -2.58. The van der Waals surface area contributed by atoms with Gasteiger partial charge >= 0.3 is 0 Å². The minimum Gasteiger partial charge on any atom is -0.393 e. The SMILES string of the molecule is CC(C)CC[C@@H](O)[C@@H](C)[C@H]1CC[C@@H]2[C@H]3CC=C4C[C@@H](O)CC[C@]4(C)[C@@H]3CC[C@]12C. The fraction of sp³-hybridized carbons (Fsp3) is 0.926. The molecule has 0 aromatic carbocycles. The van der Waals surface area contributed by atoms with Crippen LogP contribution in [0.4, 0.5) is 0 Å². The van der Waals surface area contributed by atoms with Crippen molar-refractivity contribution in [3.8, 4) is 0 Å². The van der Waals surface area contributed by atoms with E-state index in [0.717, 1.165) is 43.4 Å². The zero-order chi connectivity index (χ0) is 21.0. The summed E-state index contributed by atoms with van der Waals surface area (Å²) in [4.78, 5) is 0. The second-order valence-corrected chi connectivity index (χ2v) is 12.3. The first-order valence-corrected chi connectivity index (χ1v) is 12.7. The maximum atomic E-state index is 11.0. The first-order valence-electron chi connectivity index (χ1n) is 12.7. The van der Waals surface area contributed by atoms with Gasteiger partial charge < -0.3 is 10.2 Å². The number of hydrogen-bond acceptors (Lipinski definition) is 2. The van der Waals surface area contributed by atoms with E-state index in [1.165, 1.54) is 38.5 Å². The molecule has 0 bridgehead atoms. The molecule has 2 nitrogen and oxygen atoms in total. The Labute approximate surface area is 179 Å². The van der Waals surface area contributed by atoms with E-state index in [1.54, 1.807) is 5.57 Å². The molecule has 0 aromatic rings. The molecule has 0 amide bonds. The number of hydrogen-bond donors (Lipinski definition) is 2. The maximum absolute atomic E-state index is 11.0. The fourth-order valence-corrected chi connectivity index (χ4v) is 8.58. The molecule has 4 rings (SSSR count). The second kappa shape index (κ2) is 7.97. The van der Waals surface area contributed by atoms with Crippen molar-refractivity contribution in [2.45, 2.75) is 111 Å². The van der Waals surface area contributed by atoms with Crippen molar-refractivity contribution < 1.29 is 10.2 Å². The lowest BCUT2D eigenvalue weighted by atomic mass is 9.47. The lowest BCUT2D eigenvalue weighted by Crippen LogP contribution is -2.51. The summed E-state index contributed by atoms with van der Waals surface area (Å²) in [6.45, 7) is 12.0. The van der Waals surface area contributed by atoms with Crippen molar-refractivity contribution in [3.05, 3.63) is 11.6 Å². The molecular weight excluding hydrogens is 356 g/mol. The van der Waals surface area contributed by atoms with Gasteiger partial charge in [0.2, 0.25) is 0 Å². The molecule has 3 fully saturated rings. The van der Waals surface area contributed by atoms with Crippen LogP contribution < -0.4 is 0 Å². The third kappa shape index (κ3) is 3.65. The van der Waals surface area contributed by atoms with Crippen LogP contribution in [0.15, 0.2) is 11.6 Å². The molecule has 0 spiro atoms. The predicted molar refractivity (Wildman–Crippen MR) is 120 cm³/mol. The highest BCUT2D eigenvalue weighted by molar-refractivity contribution is 5.25. The standard InChI is InChI=1S/C27H46O2/c1-17(2)6-11-25(29)18(3)22-9-10-23-21-8-7-19-16-20(28)12-14-26(19,4)24(21)13-15-27(22,23)5/h7,17-18,20-25,28-29H,6,8-16H2,1-5H3/t18-,20-,21+,22+,23+,24+,25+,26-,27+/m0/s1. The van der Waals surface area contributed by atoms with Crippen molar-refractivity contribution in [3.63, 3.8) is 0 Å². The van der Waals surface area contributed by atoms with Crippen LogP contribution >= 0.6 is 0 Å². The predicted octanol–water partition coefficient (Wildman–Crippen LogP) is 6.36. The molecule has 0 aromatic heterocycles. The lowest BCUT2D eigenvalue weighted by molar-refractivity contribution is -0.0681. The topological polar surface area (TPSA) is 40.5 Å². The molecule has 2 heteroatoms. The molecule has 0 unspecified atom stereocenters. The van der Waals surface area contributed by atoms with Crippen molar-refractivity contribution in [2.24, 2.45) is 46.3 Å². The Kier molecular flexibility index (Phi) is 6.01. The monoisotopic (exact) mass is 402 g/mol. The number of fused-ring (bicyclic) bond motifs is 5. The molecule has 0 aliphatic heterocycles. The minimum atomic E-state index is -0.133. The zero-order valence-corrected chi connectivity index (χ0v) is 19.7. The van der Waals surface area contributed by atoms with Crippen LogP contribution in [-0.2, 0) is 0 Å². The van der Waals surface area contributed by atoms with E-state index in [4.69, 9.17) is 0 Å². The Morgan fingerprint density at radius 3 is 2.48 bits per heavy atom. The summed E-state index contributed by atoms with van der Waals surface area (Å²) in [5.41, 5.74) is 2.33. The Bertz CT molecular complexity index is 624. The number of aliphatic hydroxyl groups is 2. The fourth-order valence-electron chi connectivity index (χ4n) is 8.58. The van der Waals surface area contributed by atoms with E-state index in [-0.39, 0.29) is 12.2 Å². The summed E-state index contributed by atoms with van der Waals surface area (Å²) in [6.07, 6.45) is 14.1. The third-order valence-electron chi connectivity index (χ3n) is 10.4. The molecule has 3 saturated carbocycles. The van der Waals surface area contributed by atoms with Gasteiger partial charge in [-0.05, 0) is 111 Å². The van der Waals surface area contributed by atoms with Crippen LogP contribution in [0.2, 0.25) is 0 Å². The van der Waals surface area contributed by atoms with Crippen molar-refractivity contribution in [1.29, 1.82) is 0 Å². The average molecular weight is 403 g/mol. The van der Waals surface area contributed by atoms with Gasteiger partial charge in [-0.25, -0.2) is 0 Å². The van der Waals surface area contributed by atoms with E-state index in [1.807, 2.05) is 0 Å². The van der Waals surface area contributed by atoms with Crippen molar-refractivity contribution in [2.75, 3.05) is 0 Å². The van der Waals surface area contributed by atoms with Crippen LogP contribution in [0, 0.1) is 46.3 Å². The summed E-state index contributed by atoms with van der Waals surface area (Å²) in [7, 11) is 0. The molecule has 4 aliphatic carbocycles. The maximum Gasteiger partial charge on any atom is 0.0577 e. The molecule has 166 valence electrons. The first-order chi connectivity index (χ1) is 13.7. The van der Waals surface area contributed by atoms with E-state index < -0.39 is 0 Å². The molecule has 29 heavy (non-hydrogen) atoms. The molecule has 4 aliphatic rings. The summed E-state index contributed by atoms with van der Waals surface area (Å²) in [6, 6.07) is 0. The van der Waals surface area contributed by atoms with Gasteiger partial charge in [0.25, 0.3) is 0 Å². The summed E-state index contributed by atoms with van der Waals surface area (Å²) >= 11 is 0. The van der Waals surface area contributed by atoms with Gasteiger partial charge in [-0.1, -0.05) is 46.3 Å². The van der Waals surface area contributed by atoms with E-state index >= 15 is 0 Å². The van der Waals surface area contributed by atoms with E-state index in [2.05, 4.69) is 40.7 Å². The van der Waals surface area contributed by atoms with Gasteiger partial charge in [0, 0.05) is 0 Å². The van der Waals surface area contributed by atoms with Crippen LogP contribution in [0.25, 0.3) is 0 Å². The number of aliphatic hydroxyl groups excluding tert-OH is 2. The number of rotatable bonds is 5. The molecule has 0 heterocycles. The summed E-state index contributed by atoms with van der Waals surface area (Å²) in [5, 5.41) is 21.2. The highest BCUT2D eigenvalue weighted by atomic mass is 16.3. The molecule has 0 radical (unpaired) electrons. The third-order valence-corrected chi connectivity index (χ3v) is 10.4. The van der Waals surface area contributed by atoms with E-state index in [0.29, 0.717) is 28.6 Å². The van der Waals surface area contributed by atoms with Gasteiger partial charge in [-0.2, -0.15) is 0 Å². The molecule has 9 atom stereocenters. The largest absolute Gasteiger partial charge is 0.393 e. The van der Waals surface area contributed by atoms with Gasteiger partial charge in [0.05, 0.1) is 12.2 Å². The smallest absolute Gasteiger partial charge is 0.0577 e. The zero-order valence-electron chi connectivity index (χ0n) is 19.7. The minimum absolute atomic E-state index is 0.108. The number of allylic oxidation sites excluding steroid dienone is 1. The van der Waals surface area contributed by atoms with E-state index in [9.17, 15) is 10.2 Å². The summed E-state index contributed by atoms with van der Waals surface area (Å²) in [5.74, 6) is 4.25. The Morgan fingerprint density at radius 1 is 1.00 bits per heavy atom. The van der Waals surface area contributed by atoms with Gasteiger partial charge in [-0.3, -0.25) is 0 Å². The normalized spacial score (nSPS) is 46.5. The summed E-state index contributed by atoms with van der Waals surface area (Å²) < 4.78 is 0. The Balaban J connectivity index is 1.51. The highest BCUT2D eigenvalue weighted by Gasteiger charge is 2.59. The highest BCUT2D eigenvalue weighted by Crippen LogP contribution is 2.67. The van der Waals surface area contributed by atoms with Crippen LogP contribution in [0.5, 0.6) is 0 Å². The Hall–Kier alpha value is -0.340. The van der Waals surface area contributed by atoms with Gasteiger partial charge in [0.1, 0.15) is 0 Å².